The van der Waals surface area contributed by atoms with E-state index in [9.17, 15) is 4.79 Å². The van der Waals surface area contributed by atoms with Gasteiger partial charge in [-0.2, -0.15) is 0 Å². The van der Waals surface area contributed by atoms with Crippen molar-refractivity contribution in [2.75, 3.05) is 18.0 Å². The molecule has 1 atom stereocenters. The zero-order valence-corrected chi connectivity index (χ0v) is 14.5. The summed E-state index contributed by atoms with van der Waals surface area (Å²) in [7, 11) is 0. The van der Waals surface area contributed by atoms with Crippen LogP contribution in [-0.2, 0) is 13.1 Å². The molecule has 3 rings (SSSR count). The van der Waals surface area contributed by atoms with E-state index in [1.807, 2.05) is 23.8 Å². The zero-order valence-electron chi connectivity index (χ0n) is 14.5. The van der Waals surface area contributed by atoms with Crippen LogP contribution in [0.5, 0.6) is 0 Å². The maximum atomic E-state index is 12.9. The third-order valence-electron chi connectivity index (χ3n) is 4.47. The average Bonchev–Trinajstić information content (AvgIpc) is 2.95. The summed E-state index contributed by atoms with van der Waals surface area (Å²) in [5.41, 5.74) is 7.51. The van der Waals surface area contributed by atoms with Gasteiger partial charge in [-0.25, -0.2) is 4.98 Å². The third kappa shape index (κ3) is 3.04. The van der Waals surface area contributed by atoms with Crippen molar-refractivity contribution in [1.29, 1.82) is 0 Å². The lowest BCUT2D eigenvalue weighted by Gasteiger charge is -2.31. The largest absolute Gasteiger partial charge is 0.341 e. The Labute approximate surface area is 142 Å². The highest BCUT2D eigenvalue weighted by atomic mass is 16.1. The van der Waals surface area contributed by atoms with Crippen LogP contribution in [0, 0.1) is 11.8 Å². The lowest BCUT2D eigenvalue weighted by Crippen LogP contribution is -2.44. The molecule has 0 radical (unpaired) electrons. The highest BCUT2D eigenvalue weighted by Gasteiger charge is 2.23. The van der Waals surface area contributed by atoms with E-state index in [0.29, 0.717) is 18.6 Å². The normalized spacial score (nSPS) is 17.8. The van der Waals surface area contributed by atoms with Crippen molar-refractivity contribution in [3.63, 3.8) is 0 Å². The molecule has 0 aromatic carbocycles. The second-order valence-corrected chi connectivity index (χ2v) is 6.32. The fraction of sp³-hybridized carbons (Fsp3) is 0.556. The quantitative estimate of drug-likeness (QED) is 0.865. The molecule has 0 bridgehead atoms. The number of anilines is 1. The van der Waals surface area contributed by atoms with Crippen molar-refractivity contribution < 1.29 is 0 Å². The molecule has 1 aliphatic rings. The van der Waals surface area contributed by atoms with Crippen molar-refractivity contribution in [1.82, 2.24) is 14.1 Å². The van der Waals surface area contributed by atoms with Gasteiger partial charge >= 0.3 is 0 Å². The highest BCUT2D eigenvalue weighted by Crippen LogP contribution is 2.23. The van der Waals surface area contributed by atoms with Gasteiger partial charge in [-0.3, -0.25) is 9.36 Å². The van der Waals surface area contributed by atoms with E-state index < -0.39 is 0 Å². The van der Waals surface area contributed by atoms with E-state index in [1.54, 1.807) is 4.57 Å². The minimum absolute atomic E-state index is 0.00677. The van der Waals surface area contributed by atoms with Crippen LogP contribution >= 0.6 is 0 Å². The van der Waals surface area contributed by atoms with Gasteiger partial charge in [0.05, 0.1) is 12.1 Å². The number of aromatic nitrogens is 3. The first-order chi connectivity index (χ1) is 11.7. The zero-order chi connectivity index (χ0) is 17.1. The molecule has 2 aromatic rings. The summed E-state index contributed by atoms with van der Waals surface area (Å²) in [6.45, 7) is 6.75. The van der Waals surface area contributed by atoms with Crippen molar-refractivity contribution in [3.05, 3.63) is 22.6 Å². The molecule has 0 amide bonds. The van der Waals surface area contributed by atoms with Gasteiger partial charge in [-0.1, -0.05) is 12.8 Å². The Kier molecular flexibility index (Phi) is 4.91. The molecule has 6 nitrogen and oxygen atoms in total. The molecule has 1 saturated heterocycles. The predicted octanol–water partition coefficient (Wildman–Crippen LogP) is 1.56. The predicted molar refractivity (Wildman–Crippen MR) is 97.2 cm³/mol. The molecular formula is C18H25N5O. The summed E-state index contributed by atoms with van der Waals surface area (Å²) < 4.78 is 3.71. The molecule has 2 aromatic heterocycles. The van der Waals surface area contributed by atoms with E-state index in [-0.39, 0.29) is 11.6 Å². The van der Waals surface area contributed by atoms with Crippen molar-refractivity contribution in [2.45, 2.75) is 52.2 Å². The Morgan fingerprint density at radius 2 is 2.29 bits per heavy atom. The first kappa shape index (κ1) is 16.6. The Hall–Kier alpha value is -2.26. The molecule has 24 heavy (non-hydrogen) atoms. The maximum absolute atomic E-state index is 12.9. The molecule has 1 fully saturated rings. The van der Waals surface area contributed by atoms with Gasteiger partial charge in [-0.05, 0) is 32.3 Å². The van der Waals surface area contributed by atoms with E-state index in [0.717, 1.165) is 43.8 Å². The smallest absolute Gasteiger partial charge is 0.276 e. The maximum Gasteiger partial charge on any atom is 0.276 e. The van der Waals surface area contributed by atoms with E-state index in [1.165, 1.54) is 0 Å². The third-order valence-corrected chi connectivity index (χ3v) is 4.47. The SMILES string of the molecule is CC#CCn1c(N2CCCC(N)C2)nc2ccn(CCC)c(=O)c21. The van der Waals surface area contributed by atoms with E-state index >= 15 is 0 Å². The number of nitrogens with zero attached hydrogens (tertiary/aromatic N) is 4. The van der Waals surface area contributed by atoms with Gasteiger partial charge in [0.1, 0.15) is 5.52 Å². The number of piperidine rings is 1. The van der Waals surface area contributed by atoms with Gasteiger partial charge < -0.3 is 15.2 Å². The number of hydrogen-bond acceptors (Lipinski definition) is 4. The number of nitrogens with two attached hydrogens (primary N) is 1. The van der Waals surface area contributed by atoms with E-state index in [2.05, 4.69) is 23.7 Å². The molecule has 1 aliphatic heterocycles. The molecule has 0 spiro atoms. The lowest BCUT2D eigenvalue weighted by molar-refractivity contribution is 0.496. The van der Waals surface area contributed by atoms with Crippen molar-refractivity contribution in [3.8, 4) is 11.8 Å². The van der Waals surface area contributed by atoms with Crippen LogP contribution in [0.2, 0.25) is 0 Å². The topological polar surface area (TPSA) is 69.1 Å². The van der Waals surface area contributed by atoms with Gasteiger partial charge in [0.2, 0.25) is 5.95 Å². The average molecular weight is 327 g/mol. The molecule has 128 valence electrons. The number of imidazole rings is 1. The number of fused-ring (bicyclic) bond motifs is 1. The summed E-state index contributed by atoms with van der Waals surface area (Å²) in [5.74, 6) is 6.81. The Bertz CT molecular complexity index is 839. The summed E-state index contributed by atoms with van der Waals surface area (Å²) in [6.07, 6.45) is 4.84. The van der Waals surface area contributed by atoms with Crippen LogP contribution in [-0.4, -0.2) is 33.2 Å². The molecule has 0 aliphatic carbocycles. The molecule has 1 unspecified atom stereocenters. The number of rotatable bonds is 4. The second-order valence-electron chi connectivity index (χ2n) is 6.32. The molecular weight excluding hydrogens is 302 g/mol. The number of aryl methyl sites for hydroxylation is 1. The Morgan fingerprint density at radius 3 is 3.00 bits per heavy atom. The van der Waals surface area contributed by atoms with Crippen LogP contribution in [0.25, 0.3) is 11.0 Å². The van der Waals surface area contributed by atoms with Gasteiger partial charge in [0.15, 0.2) is 0 Å². The minimum atomic E-state index is 0.00677. The second kappa shape index (κ2) is 7.10. The number of pyridine rings is 1. The number of hydrogen-bond donors (Lipinski definition) is 1. The van der Waals surface area contributed by atoms with Crippen molar-refractivity contribution in [2.24, 2.45) is 5.73 Å². The summed E-state index contributed by atoms with van der Waals surface area (Å²) in [4.78, 5) is 19.8. The Morgan fingerprint density at radius 1 is 1.46 bits per heavy atom. The van der Waals surface area contributed by atoms with Crippen LogP contribution in [0.1, 0.15) is 33.1 Å². The fourth-order valence-electron chi connectivity index (χ4n) is 3.32. The lowest BCUT2D eigenvalue weighted by atomic mass is 10.1. The van der Waals surface area contributed by atoms with Crippen molar-refractivity contribution >= 4 is 17.0 Å². The molecule has 0 saturated carbocycles. The van der Waals surface area contributed by atoms with E-state index in [4.69, 9.17) is 10.7 Å². The first-order valence-corrected chi connectivity index (χ1v) is 8.65. The summed E-state index contributed by atoms with van der Waals surface area (Å²) >= 11 is 0. The Balaban J connectivity index is 2.15. The summed E-state index contributed by atoms with van der Waals surface area (Å²) in [6, 6.07) is 2.08. The van der Waals surface area contributed by atoms with Crippen LogP contribution in [0.4, 0.5) is 5.95 Å². The van der Waals surface area contributed by atoms with Gasteiger partial charge in [0.25, 0.3) is 5.56 Å². The minimum Gasteiger partial charge on any atom is -0.341 e. The van der Waals surface area contributed by atoms with Crippen LogP contribution in [0.15, 0.2) is 17.1 Å². The monoisotopic (exact) mass is 327 g/mol. The molecule has 2 N–H and O–H groups in total. The summed E-state index contributed by atoms with van der Waals surface area (Å²) in [5, 5.41) is 0. The standard InChI is InChI=1S/C18H25N5O/c1-3-5-11-23-16-15(8-12-21(9-4-2)17(16)24)20-18(23)22-10-6-7-14(19)13-22/h8,12,14H,4,6-7,9-11,13,19H2,1-2H3. The van der Waals surface area contributed by atoms with Crippen LogP contribution in [0.3, 0.4) is 0 Å². The van der Waals surface area contributed by atoms with Crippen LogP contribution < -0.4 is 16.2 Å². The van der Waals surface area contributed by atoms with Gasteiger partial charge in [0, 0.05) is 31.9 Å². The molecule has 3 heterocycles. The fourth-order valence-corrected chi connectivity index (χ4v) is 3.32. The first-order valence-electron chi connectivity index (χ1n) is 8.65. The molecule has 6 heteroatoms. The van der Waals surface area contributed by atoms with Gasteiger partial charge in [-0.15, -0.1) is 5.92 Å². The highest BCUT2D eigenvalue weighted by molar-refractivity contribution is 5.78.